The number of amides is 5. The number of piperidine rings is 1. The zero-order valence-electron chi connectivity index (χ0n) is 26.8. The average molecular weight is 686 g/mol. The number of nitrogens with one attached hydrogen (secondary N) is 2. The summed E-state index contributed by atoms with van der Waals surface area (Å²) in [6.45, 7) is 0.454. The third-order valence-electron chi connectivity index (χ3n) is 8.56. The molecule has 1 saturated heterocycles. The number of Topliss-reactive ketones (excluding diaryl/α,β-unsaturated/α-hetero) is 2. The zero-order chi connectivity index (χ0) is 35.2. The van der Waals surface area contributed by atoms with E-state index in [1.54, 1.807) is 0 Å². The van der Waals surface area contributed by atoms with Crippen LogP contribution in [-0.2, 0) is 35.2 Å². The maximum Gasteiger partial charge on any atom is 0.312 e. The second kappa shape index (κ2) is 18.7. The fourth-order valence-electron chi connectivity index (χ4n) is 6.11. The first kappa shape index (κ1) is 37.9. The molecule has 14 heteroatoms. The number of benzene rings is 2. The number of aliphatic carboxylic acids is 1. The van der Waals surface area contributed by atoms with Gasteiger partial charge in [0.2, 0.25) is 17.7 Å². The number of rotatable bonds is 19. The third-order valence-corrected chi connectivity index (χ3v) is 8.85. The van der Waals surface area contributed by atoms with Gasteiger partial charge in [0.05, 0.1) is 11.9 Å². The molecule has 260 valence electrons. The highest BCUT2D eigenvalue weighted by Gasteiger charge is 2.36. The molecule has 0 aliphatic carbocycles. The van der Waals surface area contributed by atoms with Crippen molar-refractivity contribution in [2.45, 2.75) is 76.3 Å². The average Bonchev–Trinajstić information content (AvgIpc) is 3.04. The van der Waals surface area contributed by atoms with Crippen molar-refractivity contribution in [2.75, 3.05) is 19.0 Å². The monoisotopic (exact) mass is 685 g/mol. The van der Waals surface area contributed by atoms with E-state index in [4.69, 9.17) is 23.1 Å². The van der Waals surface area contributed by atoms with Crippen LogP contribution in [0.15, 0.2) is 42.5 Å². The Bertz CT molecular complexity index is 1500. The van der Waals surface area contributed by atoms with Crippen LogP contribution in [0.25, 0.3) is 10.8 Å². The van der Waals surface area contributed by atoms with Crippen molar-refractivity contribution in [2.24, 2.45) is 23.3 Å². The SMILES string of the molecule is NC(=O)NCCC[C@H](CC(=O)[C@H](Cc1ccc2ccccc2c1)NC(=O)[C@@H]1CCCCN1C(=O)C[C@H](CC(=O)O)CC(=O)CCl)C(N)=O. The van der Waals surface area contributed by atoms with E-state index >= 15 is 0 Å². The predicted octanol–water partition coefficient (Wildman–Crippen LogP) is 2.44. The summed E-state index contributed by atoms with van der Waals surface area (Å²) in [5, 5.41) is 16.5. The van der Waals surface area contributed by atoms with Crippen LogP contribution >= 0.6 is 11.6 Å². The van der Waals surface area contributed by atoms with E-state index in [1.807, 2.05) is 42.5 Å². The summed E-state index contributed by atoms with van der Waals surface area (Å²) >= 11 is 5.62. The Morgan fingerprint density at radius 3 is 2.33 bits per heavy atom. The van der Waals surface area contributed by atoms with Gasteiger partial charge in [-0.2, -0.15) is 0 Å². The van der Waals surface area contributed by atoms with Crippen molar-refractivity contribution in [3.63, 3.8) is 0 Å². The maximum absolute atomic E-state index is 13.8. The molecule has 1 heterocycles. The van der Waals surface area contributed by atoms with E-state index in [0.717, 1.165) is 16.3 Å². The Kier molecular flexibility index (Phi) is 14.8. The largest absolute Gasteiger partial charge is 0.481 e. The van der Waals surface area contributed by atoms with Gasteiger partial charge in [0.1, 0.15) is 11.8 Å². The Labute approximate surface area is 284 Å². The van der Waals surface area contributed by atoms with E-state index in [-0.39, 0.29) is 56.9 Å². The van der Waals surface area contributed by atoms with Crippen molar-refractivity contribution in [1.82, 2.24) is 15.5 Å². The Morgan fingerprint density at radius 1 is 0.938 bits per heavy atom. The van der Waals surface area contributed by atoms with Crippen molar-refractivity contribution in [3.05, 3.63) is 48.0 Å². The molecule has 7 N–H and O–H groups in total. The molecule has 5 amide bonds. The molecule has 0 saturated carbocycles. The number of halogens is 1. The van der Waals surface area contributed by atoms with Crippen molar-refractivity contribution in [3.8, 4) is 0 Å². The Hall–Kier alpha value is -4.52. The van der Waals surface area contributed by atoms with Gasteiger partial charge in [-0.3, -0.25) is 28.8 Å². The first-order valence-corrected chi connectivity index (χ1v) is 16.6. The van der Waals surface area contributed by atoms with Crippen LogP contribution < -0.4 is 22.1 Å². The van der Waals surface area contributed by atoms with Crippen molar-refractivity contribution < 1.29 is 38.7 Å². The molecule has 0 spiro atoms. The Balaban J connectivity index is 1.82. The van der Waals surface area contributed by atoms with Gasteiger partial charge in [0.15, 0.2) is 5.78 Å². The standard InChI is InChI=1S/C34H44ClN5O8/c35-20-26(41)15-22(18-31(44)45)17-30(43)40-13-4-3-9-28(40)33(47)39-27(16-21-10-11-23-6-1-2-7-24(23)14-21)29(42)19-25(32(36)46)8-5-12-38-34(37)48/h1-2,6-7,10-11,14,22,25,27-28H,3-5,8-9,12-13,15-20H2,(H2,36,46)(H,39,47)(H,44,45)(H3,37,38,48)/t22-,25-,27+,28+/m1/s1. The molecule has 1 fully saturated rings. The number of hydrogen-bond donors (Lipinski definition) is 5. The second-order valence-corrected chi connectivity index (χ2v) is 12.6. The predicted molar refractivity (Wildman–Crippen MR) is 179 cm³/mol. The van der Waals surface area contributed by atoms with Crippen molar-refractivity contribution >= 4 is 63.7 Å². The minimum Gasteiger partial charge on any atom is -0.481 e. The normalized spacial score (nSPS) is 16.4. The highest BCUT2D eigenvalue weighted by molar-refractivity contribution is 6.27. The summed E-state index contributed by atoms with van der Waals surface area (Å²) in [6, 6.07) is 10.7. The second-order valence-electron chi connectivity index (χ2n) is 12.3. The third kappa shape index (κ3) is 11.9. The van der Waals surface area contributed by atoms with Crippen LogP contribution in [0, 0.1) is 11.8 Å². The van der Waals surface area contributed by atoms with Gasteiger partial charge in [0, 0.05) is 44.7 Å². The fourth-order valence-corrected chi connectivity index (χ4v) is 6.22. The molecule has 2 aromatic rings. The fraction of sp³-hybridized carbons (Fsp3) is 0.500. The Morgan fingerprint density at radius 2 is 1.67 bits per heavy atom. The molecular formula is C34H44ClN5O8. The summed E-state index contributed by atoms with van der Waals surface area (Å²) in [4.78, 5) is 89.2. The van der Waals surface area contributed by atoms with Crippen molar-refractivity contribution in [1.29, 1.82) is 0 Å². The molecule has 0 radical (unpaired) electrons. The number of fused-ring (bicyclic) bond motifs is 1. The lowest BCUT2D eigenvalue weighted by molar-refractivity contribution is -0.145. The van der Waals surface area contributed by atoms with Crippen LogP contribution in [0.2, 0.25) is 0 Å². The zero-order valence-corrected chi connectivity index (χ0v) is 27.6. The molecule has 0 unspecified atom stereocenters. The van der Waals surface area contributed by atoms with Crippen LogP contribution in [0.1, 0.15) is 63.4 Å². The maximum atomic E-state index is 13.8. The van der Waals surface area contributed by atoms with Gasteiger partial charge in [-0.15, -0.1) is 11.6 Å². The summed E-state index contributed by atoms with van der Waals surface area (Å²) in [6.07, 6.45) is 1.22. The van der Waals surface area contributed by atoms with Crippen LogP contribution in [-0.4, -0.2) is 82.3 Å². The van der Waals surface area contributed by atoms with Gasteiger partial charge in [0.25, 0.3) is 0 Å². The first-order chi connectivity index (χ1) is 22.9. The summed E-state index contributed by atoms with van der Waals surface area (Å²) < 4.78 is 0. The number of urea groups is 1. The van der Waals surface area contributed by atoms with Gasteiger partial charge >= 0.3 is 12.0 Å². The van der Waals surface area contributed by atoms with E-state index < -0.39 is 65.8 Å². The topological polar surface area (TPSA) is 219 Å². The highest BCUT2D eigenvalue weighted by atomic mass is 35.5. The molecule has 1 aliphatic heterocycles. The lowest BCUT2D eigenvalue weighted by Gasteiger charge is -2.36. The number of carbonyl (C=O) groups is 7. The minimum absolute atomic E-state index is 0.117. The quantitative estimate of drug-likeness (QED) is 0.109. The lowest BCUT2D eigenvalue weighted by Crippen LogP contribution is -2.55. The number of carboxylic acids is 1. The first-order valence-electron chi connectivity index (χ1n) is 16.1. The minimum atomic E-state index is -1.16. The number of likely N-dealkylation sites (tertiary alicyclic amines) is 1. The van der Waals surface area contributed by atoms with Gasteiger partial charge < -0.3 is 32.1 Å². The number of nitrogens with zero attached hydrogens (tertiary/aromatic N) is 1. The highest BCUT2D eigenvalue weighted by Crippen LogP contribution is 2.24. The van der Waals surface area contributed by atoms with E-state index in [2.05, 4.69) is 10.6 Å². The number of primary amides is 2. The molecule has 13 nitrogen and oxygen atoms in total. The number of carbonyl (C=O) groups excluding carboxylic acids is 6. The number of ketones is 2. The number of hydrogen-bond acceptors (Lipinski definition) is 7. The molecule has 4 atom stereocenters. The van der Waals surface area contributed by atoms with E-state index in [1.165, 1.54) is 4.90 Å². The summed E-state index contributed by atoms with van der Waals surface area (Å²) in [5.74, 6) is -5.57. The van der Waals surface area contributed by atoms with E-state index in [0.29, 0.717) is 25.7 Å². The lowest BCUT2D eigenvalue weighted by atomic mass is 9.90. The van der Waals surface area contributed by atoms with Gasteiger partial charge in [-0.1, -0.05) is 42.5 Å². The number of carboxylic acid groups (broad SMARTS) is 1. The molecule has 2 aromatic carbocycles. The van der Waals surface area contributed by atoms with Crippen LogP contribution in [0.5, 0.6) is 0 Å². The molecular weight excluding hydrogens is 642 g/mol. The number of nitrogens with two attached hydrogens (primary N) is 2. The van der Waals surface area contributed by atoms with Gasteiger partial charge in [-0.25, -0.2) is 4.79 Å². The van der Waals surface area contributed by atoms with Gasteiger partial charge in [-0.05, 0) is 60.8 Å². The smallest absolute Gasteiger partial charge is 0.312 e. The number of alkyl halides is 1. The molecule has 0 bridgehead atoms. The summed E-state index contributed by atoms with van der Waals surface area (Å²) in [7, 11) is 0. The van der Waals surface area contributed by atoms with Crippen LogP contribution in [0.3, 0.4) is 0 Å². The van der Waals surface area contributed by atoms with Crippen LogP contribution in [0.4, 0.5) is 4.79 Å². The molecule has 48 heavy (non-hydrogen) atoms. The molecule has 1 aliphatic rings. The molecule has 0 aromatic heterocycles. The molecule has 3 rings (SSSR count). The van der Waals surface area contributed by atoms with E-state index in [9.17, 15) is 38.7 Å². The summed E-state index contributed by atoms with van der Waals surface area (Å²) in [5.41, 5.74) is 11.5.